The van der Waals surface area contributed by atoms with E-state index in [0.29, 0.717) is 6.04 Å². The maximum atomic E-state index is 11.4. The predicted octanol–water partition coefficient (Wildman–Crippen LogP) is 2.49. The molecule has 20 heavy (non-hydrogen) atoms. The average Bonchev–Trinajstić information content (AvgIpc) is 3.21. The minimum Gasteiger partial charge on any atom is -0.464 e. The Morgan fingerprint density at radius 2 is 2.30 bits per heavy atom. The molecule has 0 atom stereocenters. The fourth-order valence-electron chi connectivity index (χ4n) is 2.04. The summed E-state index contributed by atoms with van der Waals surface area (Å²) in [5.74, 6) is 0.353. The van der Waals surface area contributed by atoms with Crippen molar-refractivity contribution in [3.05, 3.63) is 40.5 Å². The minimum absolute atomic E-state index is 0.238. The number of nitrogens with zero attached hydrogens (tertiary/aromatic N) is 3. The second-order valence-electron chi connectivity index (χ2n) is 4.74. The molecule has 5 nitrogen and oxygen atoms in total. The summed E-state index contributed by atoms with van der Waals surface area (Å²) in [7, 11) is 1.34. The fraction of sp³-hybridized carbons (Fsp3) is 0.357. The highest BCUT2D eigenvalue weighted by Crippen LogP contribution is 2.32. The van der Waals surface area contributed by atoms with Gasteiger partial charge in [0, 0.05) is 12.6 Å². The number of anilines is 1. The highest BCUT2D eigenvalue weighted by Gasteiger charge is 2.30. The fourth-order valence-corrected chi connectivity index (χ4v) is 2.70. The third kappa shape index (κ3) is 2.80. The summed E-state index contributed by atoms with van der Waals surface area (Å²) < 4.78 is 4.63. The highest BCUT2D eigenvalue weighted by atomic mass is 32.1. The Morgan fingerprint density at radius 3 is 2.85 bits per heavy atom. The molecule has 0 bridgehead atoms. The number of esters is 1. The van der Waals surface area contributed by atoms with Crippen LogP contribution in [0, 0.1) is 0 Å². The largest absolute Gasteiger partial charge is 0.464 e. The van der Waals surface area contributed by atoms with Crippen molar-refractivity contribution in [2.45, 2.75) is 25.4 Å². The van der Waals surface area contributed by atoms with Crippen LogP contribution in [0.3, 0.4) is 0 Å². The number of carbonyl (C=O) groups is 1. The van der Waals surface area contributed by atoms with E-state index in [0.717, 1.165) is 12.4 Å². The highest BCUT2D eigenvalue weighted by molar-refractivity contribution is 7.07. The molecule has 0 unspecified atom stereocenters. The van der Waals surface area contributed by atoms with Crippen LogP contribution in [-0.2, 0) is 11.3 Å². The van der Waals surface area contributed by atoms with Crippen LogP contribution < -0.4 is 4.90 Å². The quantitative estimate of drug-likeness (QED) is 0.792. The van der Waals surface area contributed by atoms with Gasteiger partial charge >= 0.3 is 5.97 Å². The Morgan fingerprint density at radius 1 is 1.45 bits per heavy atom. The molecule has 0 saturated heterocycles. The molecule has 1 fully saturated rings. The van der Waals surface area contributed by atoms with Crippen molar-refractivity contribution < 1.29 is 9.53 Å². The molecule has 104 valence electrons. The summed E-state index contributed by atoms with van der Waals surface area (Å²) in [6.45, 7) is 0.834. The SMILES string of the molecule is COC(=O)c1cnc(N(Cc2ccsc2)C2CC2)cn1. The molecular formula is C14H15N3O2S. The van der Waals surface area contributed by atoms with Gasteiger partial charge < -0.3 is 9.64 Å². The molecule has 0 amide bonds. The Kier molecular flexibility index (Phi) is 3.64. The van der Waals surface area contributed by atoms with Gasteiger partial charge in [-0.1, -0.05) is 0 Å². The third-order valence-corrected chi connectivity index (χ3v) is 3.98. The first-order valence-electron chi connectivity index (χ1n) is 6.46. The first-order chi connectivity index (χ1) is 9.78. The predicted molar refractivity (Wildman–Crippen MR) is 76.9 cm³/mol. The van der Waals surface area contributed by atoms with Crippen LogP contribution >= 0.6 is 11.3 Å². The van der Waals surface area contributed by atoms with Crippen molar-refractivity contribution >= 4 is 23.1 Å². The molecule has 1 aliphatic rings. The van der Waals surface area contributed by atoms with E-state index in [9.17, 15) is 4.79 Å². The first-order valence-corrected chi connectivity index (χ1v) is 7.40. The van der Waals surface area contributed by atoms with E-state index >= 15 is 0 Å². The molecule has 2 heterocycles. The minimum atomic E-state index is -0.458. The van der Waals surface area contributed by atoms with Gasteiger partial charge in [-0.3, -0.25) is 0 Å². The molecule has 2 aromatic heterocycles. The Labute approximate surface area is 121 Å². The lowest BCUT2D eigenvalue weighted by Gasteiger charge is -2.22. The number of aromatic nitrogens is 2. The van der Waals surface area contributed by atoms with Crippen LogP contribution in [0.25, 0.3) is 0 Å². The van der Waals surface area contributed by atoms with Gasteiger partial charge in [-0.2, -0.15) is 11.3 Å². The number of ether oxygens (including phenoxy) is 1. The molecule has 0 N–H and O–H groups in total. The number of rotatable bonds is 5. The number of hydrogen-bond donors (Lipinski definition) is 0. The van der Waals surface area contributed by atoms with E-state index < -0.39 is 5.97 Å². The summed E-state index contributed by atoms with van der Waals surface area (Å²) in [6.07, 6.45) is 5.50. The maximum Gasteiger partial charge on any atom is 0.358 e. The van der Waals surface area contributed by atoms with Crippen LogP contribution in [0.15, 0.2) is 29.2 Å². The Balaban J connectivity index is 1.79. The van der Waals surface area contributed by atoms with Gasteiger partial charge in [0.25, 0.3) is 0 Å². The summed E-state index contributed by atoms with van der Waals surface area (Å²) in [4.78, 5) is 22.1. The average molecular weight is 289 g/mol. The zero-order valence-corrected chi connectivity index (χ0v) is 12.0. The van der Waals surface area contributed by atoms with Gasteiger partial charge in [-0.15, -0.1) is 0 Å². The van der Waals surface area contributed by atoms with Gasteiger partial charge in [0.1, 0.15) is 5.82 Å². The van der Waals surface area contributed by atoms with E-state index in [4.69, 9.17) is 0 Å². The van der Waals surface area contributed by atoms with Gasteiger partial charge in [0.05, 0.1) is 19.5 Å². The molecule has 0 spiro atoms. The van der Waals surface area contributed by atoms with E-state index in [-0.39, 0.29) is 5.69 Å². The van der Waals surface area contributed by atoms with Gasteiger partial charge in [0.2, 0.25) is 0 Å². The first kappa shape index (κ1) is 13.1. The number of methoxy groups -OCH3 is 1. The van der Waals surface area contributed by atoms with Crippen LogP contribution in [0.4, 0.5) is 5.82 Å². The van der Waals surface area contributed by atoms with Crippen LogP contribution in [0.1, 0.15) is 28.9 Å². The van der Waals surface area contributed by atoms with Crippen molar-refractivity contribution in [1.29, 1.82) is 0 Å². The molecule has 1 aliphatic carbocycles. The summed E-state index contributed by atoms with van der Waals surface area (Å²) in [5, 5.41) is 4.22. The van der Waals surface area contributed by atoms with E-state index in [1.165, 1.54) is 31.7 Å². The van der Waals surface area contributed by atoms with Crippen molar-refractivity contribution in [3.63, 3.8) is 0 Å². The smallest absolute Gasteiger partial charge is 0.358 e. The van der Waals surface area contributed by atoms with Crippen molar-refractivity contribution in [2.75, 3.05) is 12.0 Å². The molecular weight excluding hydrogens is 274 g/mol. The van der Waals surface area contributed by atoms with Crippen molar-refractivity contribution in [1.82, 2.24) is 9.97 Å². The van der Waals surface area contributed by atoms with E-state index in [2.05, 4.69) is 36.4 Å². The van der Waals surface area contributed by atoms with Gasteiger partial charge in [0.15, 0.2) is 5.69 Å². The molecule has 2 aromatic rings. The maximum absolute atomic E-state index is 11.4. The summed E-state index contributed by atoms with van der Waals surface area (Å²) in [6, 6.07) is 2.66. The molecule has 0 radical (unpaired) electrons. The van der Waals surface area contributed by atoms with Crippen molar-refractivity contribution in [2.24, 2.45) is 0 Å². The van der Waals surface area contributed by atoms with E-state index in [1.54, 1.807) is 17.5 Å². The Bertz CT molecular complexity index is 579. The molecule has 0 aliphatic heterocycles. The van der Waals surface area contributed by atoms with Crippen molar-refractivity contribution in [3.8, 4) is 0 Å². The lowest BCUT2D eigenvalue weighted by molar-refractivity contribution is 0.0593. The molecule has 1 saturated carbocycles. The Hall–Kier alpha value is -1.95. The lowest BCUT2D eigenvalue weighted by Crippen LogP contribution is -2.26. The topological polar surface area (TPSA) is 55.3 Å². The summed E-state index contributed by atoms with van der Waals surface area (Å²) in [5.41, 5.74) is 1.52. The zero-order chi connectivity index (χ0) is 13.9. The molecule has 3 rings (SSSR count). The zero-order valence-electron chi connectivity index (χ0n) is 11.2. The third-order valence-electron chi connectivity index (χ3n) is 3.25. The molecule has 6 heteroatoms. The lowest BCUT2D eigenvalue weighted by atomic mass is 10.3. The van der Waals surface area contributed by atoms with Crippen LogP contribution in [0.5, 0.6) is 0 Å². The van der Waals surface area contributed by atoms with Crippen LogP contribution in [-0.4, -0.2) is 29.1 Å². The van der Waals surface area contributed by atoms with E-state index in [1.807, 2.05) is 0 Å². The second-order valence-corrected chi connectivity index (χ2v) is 5.52. The molecule has 0 aromatic carbocycles. The normalized spacial score (nSPS) is 14.1. The number of hydrogen-bond acceptors (Lipinski definition) is 6. The van der Waals surface area contributed by atoms with Gasteiger partial charge in [-0.05, 0) is 35.2 Å². The number of thiophene rings is 1. The van der Waals surface area contributed by atoms with Crippen LogP contribution in [0.2, 0.25) is 0 Å². The van der Waals surface area contributed by atoms with Gasteiger partial charge in [-0.25, -0.2) is 14.8 Å². The summed E-state index contributed by atoms with van der Waals surface area (Å²) >= 11 is 1.69. The standard InChI is InChI=1S/C14H15N3O2S/c1-19-14(18)12-6-16-13(7-15-12)17(11-2-3-11)8-10-4-5-20-9-10/h4-7,9,11H,2-3,8H2,1H3. The second kappa shape index (κ2) is 5.58. The monoisotopic (exact) mass is 289 g/mol. The number of carbonyl (C=O) groups excluding carboxylic acids is 1.